The van der Waals surface area contributed by atoms with Crippen LogP contribution in [0.4, 0.5) is 0 Å². The van der Waals surface area contributed by atoms with Crippen molar-refractivity contribution in [2.75, 3.05) is 13.7 Å². The number of carbonyl (C=O) groups is 1. The second-order valence-corrected chi connectivity index (χ2v) is 5.59. The second kappa shape index (κ2) is 5.10. The molecular formula is C15H23NO3. The Morgan fingerprint density at radius 3 is 2.89 bits per heavy atom. The lowest BCUT2D eigenvalue weighted by atomic mass is 9.75. The van der Waals surface area contributed by atoms with Crippen molar-refractivity contribution in [1.29, 1.82) is 0 Å². The molecule has 0 aromatic carbocycles. The van der Waals surface area contributed by atoms with E-state index in [1.54, 1.807) is 13.2 Å². The van der Waals surface area contributed by atoms with Crippen molar-refractivity contribution in [1.82, 2.24) is 4.90 Å². The summed E-state index contributed by atoms with van der Waals surface area (Å²) in [4.78, 5) is 14.2. The van der Waals surface area contributed by atoms with Crippen LogP contribution in [0.1, 0.15) is 33.6 Å². The number of fused-ring (bicyclic) bond motifs is 1. The van der Waals surface area contributed by atoms with E-state index in [4.69, 9.17) is 4.74 Å². The molecule has 1 aliphatic heterocycles. The molecule has 0 aromatic rings. The lowest BCUT2D eigenvalue weighted by Gasteiger charge is -2.36. The molecule has 0 aromatic heterocycles. The lowest BCUT2D eigenvalue weighted by Crippen LogP contribution is -2.39. The molecule has 2 rings (SSSR count). The Morgan fingerprint density at radius 1 is 1.63 bits per heavy atom. The van der Waals surface area contributed by atoms with Crippen LogP contribution in [0.25, 0.3) is 0 Å². The van der Waals surface area contributed by atoms with Crippen LogP contribution in [0.5, 0.6) is 0 Å². The first kappa shape index (κ1) is 14.3. The number of ether oxygens (including phenoxy) is 1. The van der Waals surface area contributed by atoms with Crippen LogP contribution < -0.4 is 0 Å². The standard InChI is InChI=1S/C15H23NO3/c1-5-15-7-6-12(17)11(3)14(15)16(13(18)8-15)10(2)9-19-4/h6-7,10,12,17H,5,8-9H2,1-4H3. The van der Waals surface area contributed by atoms with Gasteiger partial charge in [0, 0.05) is 24.6 Å². The minimum Gasteiger partial charge on any atom is -0.385 e. The Labute approximate surface area is 114 Å². The smallest absolute Gasteiger partial charge is 0.228 e. The number of rotatable bonds is 4. The number of likely N-dealkylation sites (tertiary alicyclic amines) is 1. The van der Waals surface area contributed by atoms with E-state index in [1.165, 1.54) is 0 Å². The first-order chi connectivity index (χ1) is 8.96. The minimum absolute atomic E-state index is 0.00502. The topological polar surface area (TPSA) is 49.8 Å². The van der Waals surface area contributed by atoms with Crippen molar-refractivity contribution in [3.63, 3.8) is 0 Å². The van der Waals surface area contributed by atoms with Gasteiger partial charge in [-0.25, -0.2) is 0 Å². The number of hydrogen-bond donors (Lipinski definition) is 1. The van der Waals surface area contributed by atoms with Crippen molar-refractivity contribution in [2.45, 2.75) is 45.8 Å². The van der Waals surface area contributed by atoms with E-state index in [-0.39, 0.29) is 17.4 Å². The summed E-state index contributed by atoms with van der Waals surface area (Å²) < 4.78 is 5.18. The molecule has 19 heavy (non-hydrogen) atoms. The van der Waals surface area contributed by atoms with Gasteiger partial charge in [-0.2, -0.15) is 0 Å². The highest BCUT2D eigenvalue weighted by Gasteiger charge is 2.49. The molecule has 1 aliphatic carbocycles. The van der Waals surface area contributed by atoms with Gasteiger partial charge in [-0.1, -0.05) is 19.1 Å². The van der Waals surface area contributed by atoms with Gasteiger partial charge >= 0.3 is 0 Å². The fourth-order valence-corrected chi connectivity index (χ4v) is 3.28. The van der Waals surface area contributed by atoms with Crippen molar-refractivity contribution in [2.24, 2.45) is 5.41 Å². The Morgan fingerprint density at radius 2 is 2.32 bits per heavy atom. The average molecular weight is 265 g/mol. The largest absolute Gasteiger partial charge is 0.385 e. The number of aliphatic hydroxyl groups is 1. The molecule has 0 radical (unpaired) electrons. The van der Waals surface area contributed by atoms with E-state index in [0.29, 0.717) is 13.0 Å². The molecule has 106 valence electrons. The molecule has 3 unspecified atom stereocenters. The maximum Gasteiger partial charge on any atom is 0.228 e. The average Bonchev–Trinajstić information content (AvgIpc) is 2.68. The van der Waals surface area contributed by atoms with E-state index in [0.717, 1.165) is 17.7 Å². The minimum atomic E-state index is -0.585. The van der Waals surface area contributed by atoms with Crippen molar-refractivity contribution < 1.29 is 14.6 Å². The Balaban J connectivity index is 2.47. The Kier molecular flexibility index (Phi) is 3.83. The maximum atomic E-state index is 12.4. The lowest BCUT2D eigenvalue weighted by molar-refractivity contribution is -0.129. The normalized spacial score (nSPS) is 31.9. The van der Waals surface area contributed by atoms with E-state index in [2.05, 4.69) is 6.92 Å². The van der Waals surface area contributed by atoms with Gasteiger partial charge in [0.05, 0.1) is 18.8 Å². The number of aliphatic hydroxyl groups excluding tert-OH is 1. The third-order valence-corrected chi connectivity index (χ3v) is 4.34. The summed E-state index contributed by atoms with van der Waals surface area (Å²) in [6.07, 6.45) is 4.59. The van der Waals surface area contributed by atoms with Gasteiger partial charge in [0.2, 0.25) is 5.91 Å². The van der Waals surface area contributed by atoms with E-state index >= 15 is 0 Å². The number of hydrogen-bond acceptors (Lipinski definition) is 3. The van der Waals surface area contributed by atoms with Gasteiger partial charge in [0.25, 0.3) is 0 Å². The van der Waals surface area contributed by atoms with Gasteiger partial charge in [-0.15, -0.1) is 0 Å². The quantitative estimate of drug-likeness (QED) is 0.789. The van der Waals surface area contributed by atoms with Crippen LogP contribution in [0, 0.1) is 5.41 Å². The number of allylic oxidation sites excluding steroid dienone is 1. The monoisotopic (exact) mass is 265 g/mol. The van der Waals surface area contributed by atoms with Gasteiger partial charge in [-0.05, 0) is 25.8 Å². The van der Waals surface area contributed by atoms with Crippen molar-refractivity contribution in [3.05, 3.63) is 23.4 Å². The molecule has 4 heteroatoms. The van der Waals surface area contributed by atoms with Crippen molar-refractivity contribution >= 4 is 5.91 Å². The summed E-state index contributed by atoms with van der Waals surface area (Å²) in [6.45, 7) is 6.49. The summed E-state index contributed by atoms with van der Waals surface area (Å²) >= 11 is 0. The maximum absolute atomic E-state index is 12.4. The molecular weight excluding hydrogens is 242 g/mol. The summed E-state index contributed by atoms with van der Waals surface area (Å²) in [5.74, 6) is 0.125. The second-order valence-electron chi connectivity index (χ2n) is 5.59. The Bertz CT molecular complexity index is 441. The molecule has 1 heterocycles. The summed E-state index contributed by atoms with van der Waals surface area (Å²) in [6, 6.07) is -0.00502. The highest BCUT2D eigenvalue weighted by Crippen LogP contribution is 2.50. The van der Waals surface area contributed by atoms with Crippen LogP contribution >= 0.6 is 0 Å². The Hall–Kier alpha value is -1.13. The molecule has 1 N–H and O–H groups in total. The number of amides is 1. The zero-order chi connectivity index (χ0) is 14.2. The molecule has 4 nitrogen and oxygen atoms in total. The van der Waals surface area contributed by atoms with Crippen LogP contribution in [0.2, 0.25) is 0 Å². The van der Waals surface area contributed by atoms with Crippen LogP contribution in [0.15, 0.2) is 23.4 Å². The molecule has 1 saturated heterocycles. The van der Waals surface area contributed by atoms with Gasteiger partial charge in [0.1, 0.15) is 0 Å². The molecule has 1 amide bonds. The first-order valence-corrected chi connectivity index (χ1v) is 6.86. The number of nitrogens with zero attached hydrogens (tertiary/aromatic N) is 1. The predicted octanol–water partition coefficient (Wildman–Crippen LogP) is 1.85. The SMILES string of the molecule is CCC12C=CC(O)C(C)=C1N(C(C)COC)C(=O)C2. The fraction of sp³-hybridized carbons (Fsp3) is 0.667. The predicted molar refractivity (Wildman–Crippen MR) is 73.4 cm³/mol. The van der Waals surface area contributed by atoms with Crippen molar-refractivity contribution in [3.8, 4) is 0 Å². The zero-order valence-corrected chi connectivity index (χ0v) is 12.1. The third-order valence-electron chi connectivity index (χ3n) is 4.34. The third kappa shape index (κ3) is 2.13. The zero-order valence-electron chi connectivity index (χ0n) is 12.1. The molecule has 0 spiro atoms. The van der Waals surface area contributed by atoms with Gasteiger partial charge in [0.15, 0.2) is 0 Å². The van der Waals surface area contributed by atoms with Crippen LogP contribution in [-0.4, -0.2) is 41.8 Å². The fourth-order valence-electron chi connectivity index (χ4n) is 3.28. The molecule has 2 aliphatic rings. The highest BCUT2D eigenvalue weighted by atomic mass is 16.5. The van der Waals surface area contributed by atoms with Gasteiger partial charge in [-0.3, -0.25) is 4.79 Å². The molecule has 0 saturated carbocycles. The molecule has 1 fully saturated rings. The van der Waals surface area contributed by atoms with Crippen LogP contribution in [-0.2, 0) is 9.53 Å². The summed E-state index contributed by atoms with van der Waals surface area (Å²) in [7, 11) is 1.64. The number of carbonyl (C=O) groups excluding carboxylic acids is 1. The summed E-state index contributed by atoms with van der Waals surface area (Å²) in [5.41, 5.74) is 1.64. The molecule has 3 atom stereocenters. The number of methoxy groups -OCH3 is 1. The molecule has 0 bridgehead atoms. The van der Waals surface area contributed by atoms with Gasteiger partial charge < -0.3 is 14.7 Å². The first-order valence-electron chi connectivity index (χ1n) is 6.86. The van der Waals surface area contributed by atoms with E-state index < -0.39 is 6.10 Å². The highest BCUT2D eigenvalue weighted by molar-refractivity contribution is 5.85. The van der Waals surface area contributed by atoms with E-state index in [9.17, 15) is 9.90 Å². The van der Waals surface area contributed by atoms with Crippen LogP contribution in [0.3, 0.4) is 0 Å². The summed E-state index contributed by atoms with van der Waals surface area (Å²) in [5, 5.41) is 10.0. The van der Waals surface area contributed by atoms with E-state index in [1.807, 2.05) is 24.8 Å².